The first-order valence-corrected chi connectivity index (χ1v) is 6.74. The van der Waals surface area contributed by atoms with Crippen LogP contribution < -0.4 is 16.2 Å². The number of benzene rings is 2. The zero-order valence-corrected chi connectivity index (χ0v) is 11.8. The SMILES string of the molecule is Nc1cc(N)c(OCc2ccccc2)c(-c2nccnn2)c1. The van der Waals surface area contributed by atoms with E-state index in [2.05, 4.69) is 15.2 Å². The van der Waals surface area contributed by atoms with Crippen LogP contribution in [0.1, 0.15) is 5.56 Å². The lowest BCUT2D eigenvalue weighted by Gasteiger charge is -2.14. The minimum atomic E-state index is 0.391. The molecule has 0 saturated carbocycles. The van der Waals surface area contributed by atoms with Gasteiger partial charge in [0.1, 0.15) is 6.61 Å². The van der Waals surface area contributed by atoms with E-state index >= 15 is 0 Å². The van der Waals surface area contributed by atoms with Crippen LogP contribution in [0, 0.1) is 0 Å². The van der Waals surface area contributed by atoms with Crippen molar-refractivity contribution in [1.82, 2.24) is 15.2 Å². The predicted octanol–water partition coefficient (Wildman–Crippen LogP) is 2.28. The van der Waals surface area contributed by atoms with Crippen LogP contribution in [0.3, 0.4) is 0 Å². The first-order valence-electron chi connectivity index (χ1n) is 6.74. The number of nitrogens with zero attached hydrogens (tertiary/aromatic N) is 3. The van der Waals surface area contributed by atoms with Crippen LogP contribution in [0.5, 0.6) is 5.75 Å². The maximum Gasteiger partial charge on any atom is 0.185 e. The zero-order chi connectivity index (χ0) is 15.4. The molecule has 4 N–H and O–H groups in total. The Morgan fingerprint density at radius 3 is 2.55 bits per heavy atom. The molecule has 0 aliphatic rings. The maximum atomic E-state index is 6.04. The van der Waals surface area contributed by atoms with Crippen molar-refractivity contribution in [2.45, 2.75) is 6.61 Å². The smallest absolute Gasteiger partial charge is 0.185 e. The van der Waals surface area contributed by atoms with E-state index in [0.29, 0.717) is 35.1 Å². The van der Waals surface area contributed by atoms with Crippen molar-refractivity contribution in [3.63, 3.8) is 0 Å². The fourth-order valence-corrected chi connectivity index (χ4v) is 2.10. The van der Waals surface area contributed by atoms with Crippen LogP contribution in [-0.4, -0.2) is 15.2 Å². The Labute approximate surface area is 127 Å². The molecule has 1 heterocycles. The number of nitrogens with two attached hydrogens (primary N) is 2. The predicted molar refractivity (Wildman–Crippen MR) is 84.9 cm³/mol. The number of aromatic nitrogens is 3. The average Bonchev–Trinajstić information content (AvgIpc) is 2.55. The number of hydrogen-bond donors (Lipinski definition) is 2. The van der Waals surface area contributed by atoms with E-state index in [0.717, 1.165) is 5.56 Å². The van der Waals surface area contributed by atoms with Gasteiger partial charge in [-0.2, -0.15) is 5.10 Å². The van der Waals surface area contributed by atoms with Crippen LogP contribution >= 0.6 is 0 Å². The number of anilines is 2. The van der Waals surface area contributed by atoms with E-state index < -0.39 is 0 Å². The maximum absolute atomic E-state index is 6.04. The normalized spacial score (nSPS) is 10.4. The second kappa shape index (κ2) is 6.09. The lowest BCUT2D eigenvalue weighted by Crippen LogP contribution is -2.03. The topological polar surface area (TPSA) is 99.9 Å². The number of hydrogen-bond acceptors (Lipinski definition) is 6. The molecule has 0 aliphatic carbocycles. The molecule has 0 atom stereocenters. The van der Waals surface area contributed by atoms with Crippen LogP contribution in [0.15, 0.2) is 54.9 Å². The van der Waals surface area contributed by atoms with E-state index in [1.54, 1.807) is 18.3 Å². The summed E-state index contributed by atoms with van der Waals surface area (Å²) in [7, 11) is 0. The number of nitrogen functional groups attached to an aromatic ring is 2. The third-order valence-corrected chi connectivity index (χ3v) is 3.09. The zero-order valence-electron chi connectivity index (χ0n) is 11.8. The molecule has 0 amide bonds. The van der Waals surface area contributed by atoms with Crippen molar-refractivity contribution in [2.75, 3.05) is 11.5 Å². The molecule has 110 valence electrons. The summed E-state index contributed by atoms with van der Waals surface area (Å²) in [5, 5.41) is 7.82. The summed E-state index contributed by atoms with van der Waals surface area (Å²) in [6, 6.07) is 13.2. The summed E-state index contributed by atoms with van der Waals surface area (Å²) < 4.78 is 5.88. The molecule has 0 fully saturated rings. The first kappa shape index (κ1) is 13.8. The summed E-state index contributed by atoms with van der Waals surface area (Å²) in [6.07, 6.45) is 3.06. The molecule has 0 spiro atoms. The van der Waals surface area contributed by atoms with Gasteiger partial charge in [-0.15, -0.1) is 5.10 Å². The minimum Gasteiger partial charge on any atom is -0.486 e. The molecule has 22 heavy (non-hydrogen) atoms. The fraction of sp³-hybridized carbons (Fsp3) is 0.0625. The summed E-state index contributed by atoms with van der Waals surface area (Å²) >= 11 is 0. The molecule has 0 aliphatic heterocycles. The quantitative estimate of drug-likeness (QED) is 0.716. The van der Waals surface area contributed by atoms with E-state index in [4.69, 9.17) is 16.2 Å². The Balaban J connectivity index is 1.96. The van der Waals surface area contributed by atoms with E-state index in [1.807, 2.05) is 30.3 Å². The standard InChI is InChI=1S/C16H15N5O/c17-12-8-13(16-19-6-7-20-21-16)15(14(18)9-12)22-10-11-4-2-1-3-5-11/h1-9H,10,17-18H2. The monoisotopic (exact) mass is 293 g/mol. The Morgan fingerprint density at radius 1 is 1.00 bits per heavy atom. The van der Waals surface area contributed by atoms with Crippen LogP contribution in [0.25, 0.3) is 11.4 Å². The van der Waals surface area contributed by atoms with Crippen molar-refractivity contribution in [3.8, 4) is 17.1 Å². The third-order valence-electron chi connectivity index (χ3n) is 3.09. The van der Waals surface area contributed by atoms with Gasteiger partial charge in [0.15, 0.2) is 11.6 Å². The van der Waals surface area contributed by atoms with Crippen molar-refractivity contribution in [2.24, 2.45) is 0 Å². The first-order chi connectivity index (χ1) is 10.7. The largest absolute Gasteiger partial charge is 0.486 e. The lowest BCUT2D eigenvalue weighted by molar-refractivity contribution is 0.309. The summed E-state index contributed by atoms with van der Waals surface area (Å²) in [5.41, 5.74) is 14.5. The Kier molecular flexibility index (Phi) is 3.82. The van der Waals surface area contributed by atoms with Gasteiger partial charge >= 0.3 is 0 Å². The van der Waals surface area contributed by atoms with Crippen molar-refractivity contribution < 1.29 is 4.74 Å². The van der Waals surface area contributed by atoms with E-state index in [9.17, 15) is 0 Å². The van der Waals surface area contributed by atoms with Gasteiger partial charge < -0.3 is 16.2 Å². The minimum absolute atomic E-state index is 0.391. The highest BCUT2D eigenvalue weighted by molar-refractivity contribution is 5.77. The summed E-state index contributed by atoms with van der Waals surface area (Å²) in [6.45, 7) is 0.391. The molecule has 6 nitrogen and oxygen atoms in total. The molecular weight excluding hydrogens is 278 g/mol. The summed E-state index contributed by atoms with van der Waals surface area (Å²) in [4.78, 5) is 4.18. The van der Waals surface area contributed by atoms with Gasteiger partial charge in [-0.05, 0) is 17.7 Å². The van der Waals surface area contributed by atoms with Gasteiger partial charge in [0.05, 0.1) is 17.4 Å². The highest BCUT2D eigenvalue weighted by atomic mass is 16.5. The van der Waals surface area contributed by atoms with Crippen LogP contribution in [-0.2, 0) is 6.61 Å². The van der Waals surface area contributed by atoms with E-state index in [1.165, 1.54) is 6.20 Å². The molecule has 0 bridgehead atoms. The molecule has 6 heteroatoms. The van der Waals surface area contributed by atoms with Crippen molar-refractivity contribution in [1.29, 1.82) is 0 Å². The molecule has 2 aromatic carbocycles. The fourth-order valence-electron chi connectivity index (χ4n) is 2.10. The molecule has 1 aromatic heterocycles. The molecular formula is C16H15N5O. The molecule has 0 saturated heterocycles. The summed E-state index contributed by atoms with van der Waals surface area (Å²) in [5.74, 6) is 0.926. The second-order valence-corrected chi connectivity index (χ2v) is 4.73. The van der Waals surface area contributed by atoms with Crippen LogP contribution in [0.4, 0.5) is 11.4 Å². The van der Waals surface area contributed by atoms with E-state index in [-0.39, 0.29) is 0 Å². The van der Waals surface area contributed by atoms with Gasteiger partial charge in [-0.3, -0.25) is 0 Å². The Hall–Kier alpha value is -3.15. The van der Waals surface area contributed by atoms with Crippen molar-refractivity contribution in [3.05, 3.63) is 60.4 Å². The second-order valence-electron chi connectivity index (χ2n) is 4.73. The van der Waals surface area contributed by atoms with Gasteiger partial charge in [-0.1, -0.05) is 30.3 Å². The van der Waals surface area contributed by atoms with Crippen molar-refractivity contribution >= 4 is 11.4 Å². The highest BCUT2D eigenvalue weighted by Crippen LogP contribution is 2.35. The molecule has 0 radical (unpaired) electrons. The lowest BCUT2D eigenvalue weighted by atomic mass is 10.1. The van der Waals surface area contributed by atoms with Gasteiger partial charge in [0.2, 0.25) is 0 Å². The Bertz CT molecular complexity index is 762. The van der Waals surface area contributed by atoms with Crippen LogP contribution in [0.2, 0.25) is 0 Å². The third kappa shape index (κ3) is 2.95. The highest BCUT2D eigenvalue weighted by Gasteiger charge is 2.14. The number of ether oxygens (including phenoxy) is 1. The number of rotatable bonds is 4. The van der Waals surface area contributed by atoms with Gasteiger partial charge in [0, 0.05) is 11.9 Å². The Morgan fingerprint density at radius 2 is 1.82 bits per heavy atom. The molecule has 0 unspecified atom stereocenters. The van der Waals surface area contributed by atoms with Gasteiger partial charge in [0.25, 0.3) is 0 Å². The average molecular weight is 293 g/mol. The van der Waals surface area contributed by atoms with Gasteiger partial charge in [-0.25, -0.2) is 4.98 Å². The molecule has 3 aromatic rings. The molecule has 3 rings (SSSR count).